The van der Waals surface area contributed by atoms with E-state index in [0.717, 1.165) is 38.4 Å². The molecule has 4 heterocycles. The second-order valence-electron chi connectivity index (χ2n) is 9.82. The summed E-state index contributed by atoms with van der Waals surface area (Å²) in [6.45, 7) is 4.54. The predicted octanol–water partition coefficient (Wildman–Crippen LogP) is 2.35. The van der Waals surface area contributed by atoms with Crippen LogP contribution in [-0.4, -0.2) is 92.3 Å². The number of fused-ring (bicyclic) bond motifs is 3. The average Bonchev–Trinajstić information content (AvgIpc) is 3.32. The van der Waals surface area contributed by atoms with Gasteiger partial charge in [-0.1, -0.05) is 29.8 Å². The van der Waals surface area contributed by atoms with Crippen molar-refractivity contribution in [3.05, 3.63) is 64.3 Å². The highest BCUT2D eigenvalue weighted by Gasteiger charge is 2.39. The minimum Gasteiger partial charge on any atom is -0.379 e. The molecule has 2 saturated heterocycles. The third kappa shape index (κ3) is 4.89. The fraction of sp³-hybridized carbons (Fsp3) is 0.370. The van der Waals surface area contributed by atoms with E-state index in [1.54, 1.807) is 16.8 Å². The summed E-state index contributed by atoms with van der Waals surface area (Å²) in [6.07, 6.45) is 0.668. The van der Waals surface area contributed by atoms with Gasteiger partial charge in [0.15, 0.2) is 15.5 Å². The van der Waals surface area contributed by atoms with Gasteiger partial charge in [-0.3, -0.25) is 9.69 Å². The highest BCUT2D eigenvalue weighted by Crippen LogP contribution is 2.42. The number of amides is 1. The molecule has 39 heavy (non-hydrogen) atoms. The summed E-state index contributed by atoms with van der Waals surface area (Å²) < 4.78 is 39.1. The van der Waals surface area contributed by atoms with Gasteiger partial charge >= 0.3 is 0 Å². The number of nitrogens with zero attached hydrogens (tertiary/aromatic N) is 4. The molecule has 0 saturated carbocycles. The number of morpholine rings is 2. The van der Waals surface area contributed by atoms with E-state index in [1.165, 1.54) is 11.0 Å². The van der Waals surface area contributed by atoms with Gasteiger partial charge in [0.05, 0.1) is 48.5 Å². The molecule has 1 amide bonds. The van der Waals surface area contributed by atoms with Crippen molar-refractivity contribution in [1.29, 1.82) is 0 Å². The molecule has 0 radical (unpaired) electrons. The molecule has 0 bridgehead atoms. The van der Waals surface area contributed by atoms with Crippen LogP contribution in [0, 0.1) is 0 Å². The van der Waals surface area contributed by atoms with Gasteiger partial charge in [-0.2, -0.15) is 5.10 Å². The normalized spacial score (nSPS) is 20.7. The molecule has 3 aromatic rings. The van der Waals surface area contributed by atoms with Crippen molar-refractivity contribution in [2.45, 2.75) is 23.2 Å². The standard InChI is InChI=1S/C27H27ClN4O6S/c28-19-3-6-22-24(13-19)39(35,36)17-23-25(27(34)31-9-12-38-16-21(31)15-33)29-32(26(22)23)20-4-1-18(2-5-20)14-30-7-10-37-11-8-30/h1-6,13,15,21H,7-12,14,16-17H2. The Balaban J connectivity index is 1.45. The quantitative estimate of drug-likeness (QED) is 0.430. The number of aromatic nitrogens is 2. The zero-order valence-electron chi connectivity index (χ0n) is 21.1. The van der Waals surface area contributed by atoms with E-state index in [1.807, 2.05) is 24.3 Å². The molecule has 1 unspecified atom stereocenters. The number of hydrogen-bond acceptors (Lipinski definition) is 8. The molecule has 0 spiro atoms. The van der Waals surface area contributed by atoms with Gasteiger partial charge in [0, 0.05) is 42.3 Å². The van der Waals surface area contributed by atoms with Gasteiger partial charge in [0.1, 0.15) is 12.3 Å². The molecule has 0 N–H and O–H groups in total. The van der Waals surface area contributed by atoms with Crippen molar-refractivity contribution in [2.24, 2.45) is 0 Å². The summed E-state index contributed by atoms with van der Waals surface area (Å²) in [5.74, 6) is -0.899. The third-order valence-electron chi connectivity index (χ3n) is 7.33. The van der Waals surface area contributed by atoms with E-state index >= 15 is 0 Å². The number of ether oxygens (including phenoxy) is 2. The molecule has 1 aromatic heterocycles. The number of benzene rings is 2. The molecule has 3 aliphatic rings. The Kier molecular flexibility index (Phi) is 7.02. The number of halogens is 1. The largest absolute Gasteiger partial charge is 0.379 e. The fourth-order valence-electron chi connectivity index (χ4n) is 5.32. The Bertz CT molecular complexity index is 1530. The van der Waals surface area contributed by atoms with Crippen LogP contribution in [-0.2, 0) is 36.4 Å². The lowest BCUT2D eigenvalue weighted by atomic mass is 10.0. The first-order valence-electron chi connectivity index (χ1n) is 12.7. The Labute approximate surface area is 231 Å². The van der Waals surface area contributed by atoms with E-state index < -0.39 is 27.5 Å². The zero-order valence-corrected chi connectivity index (χ0v) is 22.7. The van der Waals surface area contributed by atoms with Crippen molar-refractivity contribution in [2.75, 3.05) is 46.1 Å². The van der Waals surface area contributed by atoms with Crippen LogP contribution in [0.25, 0.3) is 16.9 Å². The van der Waals surface area contributed by atoms with Gasteiger partial charge in [0.25, 0.3) is 5.91 Å². The highest BCUT2D eigenvalue weighted by molar-refractivity contribution is 7.91. The van der Waals surface area contributed by atoms with Crippen LogP contribution in [0.4, 0.5) is 0 Å². The maximum absolute atomic E-state index is 13.7. The molecule has 0 aliphatic carbocycles. The van der Waals surface area contributed by atoms with Crippen LogP contribution in [0.1, 0.15) is 21.6 Å². The monoisotopic (exact) mass is 570 g/mol. The predicted molar refractivity (Wildman–Crippen MR) is 143 cm³/mol. The molecule has 3 aliphatic heterocycles. The molecular weight excluding hydrogens is 544 g/mol. The van der Waals surface area contributed by atoms with Crippen molar-refractivity contribution in [1.82, 2.24) is 19.6 Å². The van der Waals surface area contributed by atoms with Crippen LogP contribution in [0.5, 0.6) is 0 Å². The van der Waals surface area contributed by atoms with Crippen molar-refractivity contribution in [3.63, 3.8) is 0 Å². The molecular formula is C27H27ClN4O6S. The Morgan fingerprint density at radius 1 is 1.05 bits per heavy atom. The maximum Gasteiger partial charge on any atom is 0.275 e. The van der Waals surface area contributed by atoms with E-state index in [0.29, 0.717) is 33.8 Å². The van der Waals surface area contributed by atoms with Crippen molar-refractivity contribution >= 4 is 33.6 Å². The number of carbonyl (C=O) groups is 2. The first kappa shape index (κ1) is 26.1. The van der Waals surface area contributed by atoms with Gasteiger partial charge in [0.2, 0.25) is 0 Å². The van der Waals surface area contributed by atoms with Gasteiger partial charge in [-0.25, -0.2) is 13.1 Å². The lowest BCUT2D eigenvalue weighted by molar-refractivity contribution is -0.116. The first-order chi connectivity index (χ1) is 18.9. The zero-order chi connectivity index (χ0) is 27.1. The van der Waals surface area contributed by atoms with Gasteiger partial charge in [-0.15, -0.1) is 0 Å². The first-order valence-corrected chi connectivity index (χ1v) is 14.8. The molecule has 6 rings (SSSR count). The number of rotatable bonds is 5. The number of sulfone groups is 1. The SMILES string of the molecule is O=CC1COCCN1C(=O)c1nn(-c2ccc(CN3CCOCC3)cc2)c2c1CS(=O)(=O)c1cc(Cl)ccc1-2. The molecule has 10 nitrogen and oxygen atoms in total. The Hall–Kier alpha value is -3.09. The lowest BCUT2D eigenvalue weighted by Crippen LogP contribution is -2.49. The minimum atomic E-state index is -3.79. The van der Waals surface area contributed by atoms with Crippen LogP contribution in [0.3, 0.4) is 0 Å². The smallest absolute Gasteiger partial charge is 0.275 e. The topological polar surface area (TPSA) is 111 Å². The van der Waals surface area contributed by atoms with Gasteiger partial charge in [-0.05, 0) is 29.8 Å². The maximum atomic E-state index is 13.7. The fourth-order valence-corrected chi connectivity index (χ4v) is 7.18. The Morgan fingerprint density at radius 2 is 1.79 bits per heavy atom. The summed E-state index contributed by atoms with van der Waals surface area (Å²) in [5.41, 5.74) is 3.08. The minimum absolute atomic E-state index is 0.0142. The number of aldehydes is 1. The highest BCUT2D eigenvalue weighted by atomic mass is 35.5. The third-order valence-corrected chi connectivity index (χ3v) is 9.24. The molecule has 204 valence electrons. The molecule has 12 heteroatoms. The van der Waals surface area contributed by atoms with Crippen molar-refractivity contribution in [3.8, 4) is 16.9 Å². The van der Waals surface area contributed by atoms with Crippen LogP contribution >= 0.6 is 11.6 Å². The summed E-state index contributed by atoms with van der Waals surface area (Å²) >= 11 is 6.17. The lowest BCUT2D eigenvalue weighted by Gasteiger charge is -2.32. The van der Waals surface area contributed by atoms with Crippen molar-refractivity contribution < 1.29 is 27.5 Å². The van der Waals surface area contributed by atoms with Crippen LogP contribution in [0.15, 0.2) is 47.4 Å². The number of carbonyl (C=O) groups excluding carboxylic acids is 2. The Morgan fingerprint density at radius 3 is 2.54 bits per heavy atom. The number of hydrogen-bond donors (Lipinski definition) is 0. The van der Waals surface area contributed by atoms with Crippen LogP contribution < -0.4 is 0 Å². The summed E-state index contributed by atoms with van der Waals surface area (Å²) in [6, 6.07) is 11.8. The van der Waals surface area contributed by atoms with E-state index in [9.17, 15) is 18.0 Å². The van der Waals surface area contributed by atoms with E-state index in [-0.39, 0.29) is 30.3 Å². The second-order valence-corrected chi connectivity index (χ2v) is 12.2. The molecule has 1 atom stereocenters. The van der Waals surface area contributed by atoms with E-state index in [2.05, 4.69) is 10.00 Å². The summed E-state index contributed by atoms with van der Waals surface area (Å²) in [5, 5.41) is 4.99. The summed E-state index contributed by atoms with van der Waals surface area (Å²) in [4.78, 5) is 29.2. The second kappa shape index (κ2) is 10.5. The van der Waals surface area contributed by atoms with E-state index in [4.69, 9.17) is 21.1 Å². The van der Waals surface area contributed by atoms with Gasteiger partial charge < -0.3 is 19.2 Å². The summed E-state index contributed by atoms with van der Waals surface area (Å²) in [7, 11) is -3.79. The molecule has 2 aromatic carbocycles. The van der Waals surface area contributed by atoms with Crippen LogP contribution in [0.2, 0.25) is 5.02 Å². The molecule has 2 fully saturated rings. The average molecular weight is 571 g/mol.